The third-order valence-electron chi connectivity index (χ3n) is 5.12. The van der Waals surface area contributed by atoms with Gasteiger partial charge in [0.05, 0.1) is 33.6 Å². The molecule has 7 nitrogen and oxygen atoms in total. The molecule has 1 aromatic heterocycles. The number of carbonyl (C=O) groups excluding carboxylic acids is 1. The SMILES string of the molecule is CCn1ccc(N(N)C2=C(N)[C@H](C)N(C(=O)c3cccc(C(F)(F)F)c3Cl)CC2)n1. The second-order valence-corrected chi connectivity index (χ2v) is 7.27. The average Bonchev–Trinajstić information content (AvgIpc) is 3.17. The zero-order chi connectivity index (χ0) is 22.2. The Labute approximate surface area is 176 Å². The van der Waals surface area contributed by atoms with E-state index in [1.807, 2.05) is 6.92 Å². The maximum atomic E-state index is 13.1. The number of nitrogens with zero attached hydrogens (tertiary/aromatic N) is 4. The fourth-order valence-electron chi connectivity index (χ4n) is 3.37. The van der Waals surface area contributed by atoms with Crippen molar-refractivity contribution in [1.82, 2.24) is 14.7 Å². The largest absolute Gasteiger partial charge is 0.417 e. The second-order valence-electron chi connectivity index (χ2n) is 6.89. The summed E-state index contributed by atoms with van der Waals surface area (Å²) in [5.74, 6) is 6.06. The fourth-order valence-corrected chi connectivity index (χ4v) is 3.69. The second kappa shape index (κ2) is 8.19. The number of benzene rings is 1. The zero-order valence-corrected chi connectivity index (χ0v) is 17.2. The zero-order valence-electron chi connectivity index (χ0n) is 16.4. The first kappa shape index (κ1) is 22.0. The number of hydrazine groups is 1. The van der Waals surface area contributed by atoms with Gasteiger partial charge in [-0.05, 0) is 26.0 Å². The van der Waals surface area contributed by atoms with Crippen LogP contribution in [0.1, 0.15) is 36.2 Å². The van der Waals surface area contributed by atoms with Crippen molar-refractivity contribution in [3.63, 3.8) is 0 Å². The highest BCUT2D eigenvalue weighted by atomic mass is 35.5. The Morgan fingerprint density at radius 3 is 2.67 bits per heavy atom. The molecular weight excluding hydrogens is 421 g/mol. The molecule has 4 N–H and O–H groups in total. The molecule has 0 saturated carbocycles. The fraction of sp³-hybridized carbons (Fsp3) is 0.368. The lowest BCUT2D eigenvalue weighted by atomic mass is 10.0. The van der Waals surface area contributed by atoms with Gasteiger partial charge in [0.25, 0.3) is 5.91 Å². The summed E-state index contributed by atoms with van der Waals surface area (Å²) in [5, 5.41) is 5.08. The van der Waals surface area contributed by atoms with Crippen LogP contribution in [0.4, 0.5) is 19.0 Å². The van der Waals surface area contributed by atoms with Gasteiger partial charge in [0.15, 0.2) is 5.82 Å². The van der Waals surface area contributed by atoms with Crippen LogP contribution in [0.25, 0.3) is 0 Å². The predicted octanol–water partition coefficient (Wildman–Crippen LogP) is 3.36. The minimum absolute atomic E-state index is 0.213. The molecule has 2 heterocycles. The van der Waals surface area contributed by atoms with Gasteiger partial charge < -0.3 is 10.6 Å². The van der Waals surface area contributed by atoms with Gasteiger partial charge in [0, 0.05) is 31.8 Å². The number of aromatic nitrogens is 2. The van der Waals surface area contributed by atoms with Crippen molar-refractivity contribution in [1.29, 1.82) is 0 Å². The molecule has 11 heteroatoms. The van der Waals surface area contributed by atoms with Crippen LogP contribution in [0.2, 0.25) is 5.02 Å². The molecular formula is C19H22ClF3N6O. The lowest BCUT2D eigenvalue weighted by Crippen LogP contribution is -2.49. The van der Waals surface area contributed by atoms with Crippen LogP contribution in [0.15, 0.2) is 41.9 Å². The van der Waals surface area contributed by atoms with E-state index in [2.05, 4.69) is 5.10 Å². The Kier molecular flexibility index (Phi) is 6.00. The Bertz CT molecular complexity index is 987. The van der Waals surface area contributed by atoms with Crippen molar-refractivity contribution < 1.29 is 18.0 Å². The molecule has 162 valence electrons. The van der Waals surface area contributed by atoms with Crippen LogP contribution in [-0.4, -0.2) is 33.2 Å². The van der Waals surface area contributed by atoms with Crippen molar-refractivity contribution in [2.24, 2.45) is 11.6 Å². The molecule has 0 unspecified atom stereocenters. The third kappa shape index (κ3) is 3.97. The summed E-state index contributed by atoms with van der Waals surface area (Å²) in [7, 11) is 0. The standard InChI is InChI=1S/C19H22ClF3N6O/c1-3-27-9-8-15(26-27)29(25)14-7-10-28(11(2)17(14)24)18(30)12-5-4-6-13(16(12)20)19(21,22)23/h4-6,8-9,11H,3,7,10,24-25H2,1-2H3/t11-/m0/s1. The van der Waals surface area contributed by atoms with Crippen LogP contribution in [0.3, 0.4) is 0 Å². The van der Waals surface area contributed by atoms with Gasteiger partial charge in [-0.2, -0.15) is 18.3 Å². The van der Waals surface area contributed by atoms with E-state index in [0.717, 1.165) is 12.1 Å². The minimum atomic E-state index is -4.66. The van der Waals surface area contributed by atoms with Crippen LogP contribution in [0.5, 0.6) is 0 Å². The summed E-state index contributed by atoms with van der Waals surface area (Å²) in [6.45, 7) is 4.52. The lowest BCUT2D eigenvalue weighted by molar-refractivity contribution is -0.137. The Morgan fingerprint density at radius 1 is 1.37 bits per heavy atom. The first-order chi connectivity index (χ1) is 14.1. The number of rotatable bonds is 4. The van der Waals surface area contributed by atoms with Gasteiger partial charge >= 0.3 is 6.18 Å². The van der Waals surface area contributed by atoms with E-state index in [-0.39, 0.29) is 12.1 Å². The molecule has 0 saturated heterocycles. The van der Waals surface area contributed by atoms with Gasteiger partial charge in [-0.1, -0.05) is 17.7 Å². The van der Waals surface area contributed by atoms with Gasteiger partial charge in [-0.25, -0.2) is 5.84 Å². The summed E-state index contributed by atoms with van der Waals surface area (Å²) in [4.78, 5) is 14.4. The molecule has 0 fully saturated rings. The number of carbonyl (C=O) groups is 1. The molecule has 1 aliphatic rings. The summed E-state index contributed by atoms with van der Waals surface area (Å²) in [6.07, 6.45) is -2.56. The quantitative estimate of drug-likeness (QED) is 0.559. The summed E-state index contributed by atoms with van der Waals surface area (Å²) in [6, 6.07) is 4.43. The lowest BCUT2D eigenvalue weighted by Gasteiger charge is -2.37. The number of hydrogen-bond donors (Lipinski definition) is 2. The molecule has 3 rings (SSSR count). The van der Waals surface area contributed by atoms with Crippen LogP contribution in [0, 0.1) is 0 Å². The molecule has 0 aliphatic carbocycles. The first-order valence-corrected chi connectivity index (χ1v) is 9.67. The van der Waals surface area contributed by atoms with Crippen LogP contribution in [-0.2, 0) is 12.7 Å². The third-order valence-corrected chi connectivity index (χ3v) is 5.53. The predicted molar refractivity (Wildman–Crippen MR) is 107 cm³/mol. The molecule has 2 aromatic rings. The summed E-state index contributed by atoms with van der Waals surface area (Å²) < 4.78 is 41.1. The highest BCUT2D eigenvalue weighted by molar-refractivity contribution is 6.34. The number of nitrogens with two attached hydrogens (primary N) is 2. The monoisotopic (exact) mass is 442 g/mol. The molecule has 30 heavy (non-hydrogen) atoms. The van der Waals surface area contributed by atoms with Crippen LogP contribution < -0.4 is 16.6 Å². The maximum absolute atomic E-state index is 13.1. The van der Waals surface area contributed by atoms with Crippen LogP contribution >= 0.6 is 11.6 Å². The molecule has 0 spiro atoms. The molecule has 0 bridgehead atoms. The number of halogens is 4. The minimum Gasteiger partial charge on any atom is -0.399 e. The number of hydrogen-bond acceptors (Lipinski definition) is 5. The van der Waals surface area contributed by atoms with Crippen molar-refractivity contribution in [3.8, 4) is 0 Å². The smallest absolute Gasteiger partial charge is 0.399 e. The van der Waals surface area contributed by atoms with E-state index in [1.54, 1.807) is 23.9 Å². The Hall–Kier alpha value is -2.72. The first-order valence-electron chi connectivity index (χ1n) is 9.29. The van der Waals surface area contributed by atoms with Crippen molar-refractivity contribution in [2.45, 2.75) is 39.0 Å². The summed E-state index contributed by atoms with van der Waals surface area (Å²) in [5.41, 5.74) is 5.93. The van der Waals surface area contributed by atoms with Crippen molar-refractivity contribution >= 4 is 23.3 Å². The molecule has 1 aromatic carbocycles. The normalized spacial score (nSPS) is 17.4. The number of anilines is 1. The van der Waals surface area contributed by atoms with E-state index < -0.39 is 28.7 Å². The van der Waals surface area contributed by atoms with E-state index in [0.29, 0.717) is 30.2 Å². The van der Waals surface area contributed by atoms with Gasteiger partial charge in [0.1, 0.15) is 0 Å². The van der Waals surface area contributed by atoms with E-state index >= 15 is 0 Å². The molecule has 0 radical (unpaired) electrons. The average molecular weight is 443 g/mol. The highest BCUT2D eigenvalue weighted by Crippen LogP contribution is 2.37. The van der Waals surface area contributed by atoms with Gasteiger partial charge in [0.2, 0.25) is 0 Å². The molecule has 1 aliphatic heterocycles. The van der Waals surface area contributed by atoms with Crippen molar-refractivity contribution in [3.05, 3.63) is 58.0 Å². The van der Waals surface area contributed by atoms with Crippen molar-refractivity contribution in [2.75, 3.05) is 11.6 Å². The molecule has 1 atom stereocenters. The molecule has 1 amide bonds. The number of amides is 1. The van der Waals surface area contributed by atoms with E-state index in [9.17, 15) is 18.0 Å². The highest BCUT2D eigenvalue weighted by Gasteiger charge is 2.37. The topological polar surface area (TPSA) is 93.4 Å². The van der Waals surface area contributed by atoms with E-state index in [4.69, 9.17) is 23.2 Å². The Balaban J connectivity index is 1.88. The number of aryl methyl sites for hydroxylation is 1. The summed E-state index contributed by atoms with van der Waals surface area (Å²) >= 11 is 5.92. The van der Waals surface area contributed by atoms with Gasteiger partial charge in [-0.15, -0.1) is 0 Å². The maximum Gasteiger partial charge on any atom is 0.417 e. The van der Waals surface area contributed by atoms with Gasteiger partial charge in [-0.3, -0.25) is 14.5 Å². The van der Waals surface area contributed by atoms with E-state index in [1.165, 1.54) is 16.0 Å². The number of alkyl halides is 3. The Morgan fingerprint density at radius 2 is 2.07 bits per heavy atom.